The molecular formula is C14H24N2O. The molecule has 2 atom stereocenters. The van der Waals surface area contributed by atoms with Crippen LogP contribution < -0.4 is 5.73 Å². The molecule has 1 aromatic rings. The molecular weight excluding hydrogens is 212 g/mol. The van der Waals surface area contributed by atoms with Crippen molar-refractivity contribution in [1.29, 1.82) is 0 Å². The molecule has 0 saturated carbocycles. The van der Waals surface area contributed by atoms with Gasteiger partial charge < -0.3 is 10.9 Å². The van der Waals surface area contributed by atoms with Crippen molar-refractivity contribution in [1.82, 2.24) is 5.06 Å². The predicted octanol–water partition coefficient (Wildman–Crippen LogP) is 2.78. The molecule has 3 nitrogen and oxygen atoms in total. The lowest BCUT2D eigenvalue weighted by molar-refractivity contribution is -0.143. The zero-order valence-corrected chi connectivity index (χ0v) is 10.8. The second kappa shape index (κ2) is 7.43. The maximum absolute atomic E-state index is 10.1. The van der Waals surface area contributed by atoms with E-state index in [4.69, 9.17) is 5.73 Å². The van der Waals surface area contributed by atoms with Crippen LogP contribution in [-0.4, -0.2) is 22.4 Å². The third kappa shape index (κ3) is 4.46. The van der Waals surface area contributed by atoms with Crippen LogP contribution in [0.5, 0.6) is 0 Å². The molecule has 0 aromatic heterocycles. The van der Waals surface area contributed by atoms with Gasteiger partial charge in [-0.2, -0.15) is 5.06 Å². The van der Waals surface area contributed by atoms with Gasteiger partial charge in [0.1, 0.15) is 0 Å². The molecule has 1 aromatic carbocycles. The molecule has 0 aliphatic carbocycles. The molecule has 0 aliphatic heterocycles. The van der Waals surface area contributed by atoms with E-state index < -0.39 is 0 Å². The lowest BCUT2D eigenvalue weighted by atomic mass is 10.0. The van der Waals surface area contributed by atoms with E-state index in [0.29, 0.717) is 6.54 Å². The smallest absolute Gasteiger partial charge is 0.0504 e. The van der Waals surface area contributed by atoms with Crippen molar-refractivity contribution >= 4 is 0 Å². The Morgan fingerprint density at radius 1 is 1.24 bits per heavy atom. The Morgan fingerprint density at radius 2 is 1.88 bits per heavy atom. The molecule has 1 rings (SSSR count). The van der Waals surface area contributed by atoms with Gasteiger partial charge in [-0.3, -0.25) is 0 Å². The highest BCUT2D eigenvalue weighted by Crippen LogP contribution is 2.14. The molecule has 0 spiro atoms. The molecule has 0 bridgehead atoms. The van der Waals surface area contributed by atoms with Gasteiger partial charge in [0.2, 0.25) is 0 Å². The molecule has 0 radical (unpaired) electrons. The Morgan fingerprint density at radius 3 is 2.41 bits per heavy atom. The van der Waals surface area contributed by atoms with Crippen LogP contribution in [0.1, 0.15) is 38.7 Å². The van der Waals surface area contributed by atoms with E-state index in [2.05, 4.69) is 13.8 Å². The second-order valence-electron chi connectivity index (χ2n) is 4.51. The number of nitrogens with zero attached hydrogens (tertiary/aromatic N) is 1. The van der Waals surface area contributed by atoms with Crippen LogP contribution in [-0.2, 0) is 6.54 Å². The first-order valence-corrected chi connectivity index (χ1v) is 6.44. The summed E-state index contributed by atoms with van der Waals surface area (Å²) in [6.07, 6.45) is 2.85. The third-order valence-electron chi connectivity index (χ3n) is 3.12. The highest BCUT2D eigenvalue weighted by atomic mass is 16.5. The van der Waals surface area contributed by atoms with Gasteiger partial charge in [0.15, 0.2) is 0 Å². The molecule has 0 fully saturated rings. The van der Waals surface area contributed by atoms with Crippen LogP contribution in [0.4, 0.5) is 0 Å². The van der Waals surface area contributed by atoms with Crippen LogP contribution in [0.2, 0.25) is 0 Å². The Bertz CT molecular complexity index is 302. The van der Waals surface area contributed by atoms with Crippen molar-refractivity contribution in [2.75, 3.05) is 0 Å². The van der Waals surface area contributed by atoms with Gasteiger partial charge in [-0.05, 0) is 18.4 Å². The first kappa shape index (κ1) is 14.2. The summed E-state index contributed by atoms with van der Waals surface area (Å²) >= 11 is 0. The largest absolute Gasteiger partial charge is 0.326 e. The van der Waals surface area contributed by atoms with Crippen LogP contribution in [0.3, 0.4) is 0 Å². The molecule has 3 heteroatoms. The van der Waals surface area contributed by atoms with E-state index in [1.165, 1.54) is 5.06 Å². The minimum absolute atomic E-state index is 0.0312. The summed E-state index contributed by atoms with van der Waals surface area (Å²) in [4.78, 5) is 0. The van der Waals surface area contributed by atoms with Gasteiger partial charge >= 0.3 is 0 Å². The van der Waals surface area contributed by atoms with Crippen LogP contribution in [0, 0.1) is 0 Å². The van der Waals surface area contributed by atoms with Gasteiger partial charge in [-0.1, -0.05) is 50.6 Å². The number of nitrogens with two attached hydrogens (primary N) is 1. The molecule has 0 amide bonds. The van der Waals surface area contributed by atoms with Crippen molar-refractivity contribution in [3.63, 3.8) is 0 Å². The topological polar surface area (TPSA) is 49.5 Å². The third-order valence-corrected chi connectivity index (χ3v) is 3.12. The van der Waals surface area contributed by atoms with Gasteiger partial charge in [0.05, 0.1) is 6.04 Å². The standard InChI is InChI=1S/C14H24N2O/c1-3-8-14(13(15)4-2)16(17)11-12-9-6-5-7-10-12/h5-7,9-10,13-14,17H,3-4,8,11,15H2,1-2H3/t13-,14+/m0/s1. The first-order valence-electron chi connectivity index (χ1n) is 6.44. The summed E-state index contributed by atoms with van der Waals surface area (Å²) in [7, 11) is 0. The number of rotatable bonds is 7. The maximum atomic E-state index is 10.1. The average molecular weight is 236 g/mol. The summed E-state index contributed by atoms with van der Waals surface area (Å²) < 4.78 is 0. The van der Waals surface area contributed by atoms with Crippen molar-refractivity contribution in [3.8, 4) is 0 Å². The van der Waals surface area contributed by atoms with E-state index in [1.807, 2.05) is 30.3 Å². The molecule has 0 aliphatic rings. The monoisotopic (exact) mass is 236 g/mol. The quantitative estimate of drug-likeness (QED) is 0.716. The van der Waals surface area contributed by atoms with Crippen molar-refractivity contribution < 1.29 is 5.21 Å². The van der Waals surface area contributed by atoms with Gasteiger partial charge in [0.25, 0.3) is 0 Å². The highest BCUT2D eigenvalue weighted by Gasteiger charge is 2.21. The minimum atomic E-state index is 0.0312. The average Bonchev–Trinajstić information content (AvgIpc) is 2.36. The lowest BCUT2D eigenvalue weighted by Gasteiger charge is -2.30. The molecule has 3 N–H and O–H groups in total. The Balaban J connectivity index is 2.61. The maximum Gasteiger partial charge on any atom is 0.0504 e. The fraction of sp³-hybridized carbons (Fsp3) is 0.571. The lowest BCUT2D eigenvalue weighted by Crippen LogP contribution is -2.45. The molecule has 17 heavy (non-hydrogen) atoms. The van der Waals surface area contributed by atoms with Gasteiger partial charge in [-0.25, -0.2) is 0 Å². The second-order valence-corrected chi connectivity index (χ2v) is 4.51. The fourth-order valence-electron chi connectivity index (χ4n) is 2.04. The Kier molecular flexibility index (Phi) is 6.19. The number of hydrogen-bond donors (Lipinski definition) is 2. The summed E-state index contributed by atoms with van der Waals surface area (Å²) in [6, 6.07) is 10.1. The first-order chi connectivity index (χ1) is 8.19. The SMILES string of the molecule is CCC[C@H]([C@@H](N)CC)N(O)Cc1ccccc1. The van der Waals surface area contributed by atoms with Gasteiger partial charge in [-0.15, -0.1) is 0 Å². The van der Waals surface area contributed by atoms with Crippen LogP contribution in [0.25, 0.3) is 0 Å². The summed E-state index contributed by atoms with van der Waals surface area (Å²) in [5, 5.41) is 11.5. The predicted molar refractivity (Wildman–Crippen MR) is 70.7 cm³/mol. The molecule has 96 valence electrons. The van der Waals surface area contributed by atoms with E-state index in [1.54, 1.807) is 0 Å². The number of benzene rings is 1. The normalized spacial score (nSPS) is 14.9. The number of hydrogen-bond acceptors (Lipinski definition) is 3. The van der Waals surface area contributed by atoms with Crippen molar-refractivity contribution in [2.24, 2.45) is 5.73 Å². The Labute approximate surface area is 104 Å². The summed E-state index contributed by atoms with van der Waals surface area (Å²) in [5.41, 5.74) is 7.17. The zero-order chi connectivity index (χ0) is 12.7. The summed E-state index contributed by atoms with van der Waals surface area (Å²) in [6.45, 7) is 4.72. The van der Waals surface area contributed by atoms with E-state index in [0.717, 1.165) is 24.8 Å². The minimum Gasteiger partial charge on any atom is -0.326 e. The van der Waals surface area contributed by atoms with E-state index in [-0.39, 0.29) is 12.1 Å². The van der Waals surface area contributed by atoms with Crippen molar-refractivity contribution in [2.45, 2.75) is 51.7 Å². The molecule has 0 heterocycles. The fourth-order valence-corrected chi connectivity index (χ4v) is 2.04. The van der Waals surface area contributed by atoms with E-state index >= 15 is 0 Å². The van der Waals surface area contributed by atoms with Crippen molar-refractivity contribution in [3.05, 3.63) is 35.9 Å². The highest BCUT2D eigenvalue weighted by molar-refractivity contribution is 5.14. The molecule has 0 unspecified atom stereocenters. The zero-order valence-electron chi connectivity index (χ0n) is 10.8. The summed E-state index contributed by atoms with van der Waals surface area (Å²) in [5.74, 6) is 0. The molecule has 0 saturated heterocycles. The van der Waals surface area contributed by atoms with Crippen LogP contribution in [0.15, 0.2) is 30.3 Å². The Hall–Kier alpha value is -0.900. The van der Waals surface area contributed by atoms with Crippen LogP contribution >= 0.6 is 0 Å². The number of hydroxylamine groups is 2. The van der Waals surface area contributed by atoms with E-state index in [9.17, 15) is 5.21 Å². The van der Waals surface area contributed by atoms with Gasteiger partial charge in [0, 0.05) is 12.6 Å².